The average molecular weight is 411 g/mol. The third-order valence-electron chi connectivity index (χ3n) is 4.46. The summed E-state index contributed by atoms with van der Waals surface area (Å²) < 4.78 is 10.4. The van der Waals surface area contributed by atoms with Crippen molar-refractivity contribution in [3.8, 4) is 11.5 Å². The van der Waals surface area contributed by atoms with Crippen molar-refractivity contribution in [2.75, 3.05) is 18.6 Å². The maximum atomic E-state index is 12.9. The smallest absolute Gasteiger partial charge is 0.276 e. The highest BCUT2D eigenvalue weighted by Gasteiger charge is 2.44. The number of nitrogens with one attached hydrogen (secondary N) is 1. The van der Waals surface area contributed by atoms with Crippen LogP contribution in [-0.4, -0.2) is 48.4 Å². The van der Waals surface area contributed by atoms with Gasteiger partial charge in [0.1, 0.15) is 17.5 Å². The molecular formula is C21H21N3O6. The van der Waals surface area contributed by atoms with Gasteiger partial charge in [0, 0.05) is 6.92 Å². The van der Waals surface area contributed by atoms with Crippen molar-refractivity contribution < 1.29 is 28.7 Å². The Morgan fingerprint density at radius 2 is 1.73 bits per heavy atom. The zero-order chi connectivity index (χ0) is 21.7. The van der Waals surface area contributed by atoms with Crippen molar-refractivity contribution in [1.29, 1.82) is 0 Å². The molecule has 0 aromatic heterocycles. The van der Waals surface area contributed by atoms with Crippen LogP contribution in [0.2, 0.25) is 0 Å². The van der Waals surface area contributed by atoms with Crippen LogP contribution in [0.15, 0.2) is 54.6 Å². The Morgan fingerprint density at radius 1 is 1.07 bits per heavy atom. The molecule has 9 heteroatoms. The Hall–Kier alpha value is -3.88. The number of rotatable bonds is 6. The summed E-state index contributed by atoms with van der Waals surface area (Å²) in [6.07, 6.45) is -0.246. The Kier molecular flexibility index (Phi) is 6.31. The highest BCUT2D eigenvalue weighted by molar-refractivity contribution is 6.23. The molecule has 9 nitrogen and oxygen atoms in total. The van der Waals surface area contributed by atoms with Gasteiger partial charge in [0.05, 0.1) is 19.2 Å². The second-order valence-electron chi connectivity index (χ2n) is 6.51. The molecule has 1 fully saturated rings. The number of para-hydroxylation sites is 1. The summed E-state index contributed by atoms with van der Waals surface area (Å²) in [5, 5.41) is 0.875. The Balaban J connectivity index is 1.69. The lowest BCUT2D eigenvalue weighted by Crippen LogP contribution is -2.54. The van der Waals surface area contributed by atoms with E-state index in [2.05, 4.69) is 5.43 Å². The van der Waals surface area contributed by atoms with E-state index in [-0.39, 0.29) is 13.0 Å². The number of methoxy groups -OCH3 is 1. The van der Waals surface area contributed by atoms with E-state index in [1.54, 1.807) is 48.5 Å². The number of ether oxygens (including phenoxy) is 2. The number of amides is 4. The molecule has 1 aliphatic rings. The third kappa shape index (κ3) is 4.57. The highest BCUT2D eigenvalue weighted by Crippen LogP contribution is 2.27. The summed E-state index contributed by atoms with van der Waals surface area (Å²) in [7, 11) is 1.51. The summed E-state index contributed by atoms with van der Waals surface area (Å²) >= 11 is 0. The van der Waals surface area contributed by atoms with Gasteiger partial charge in [-0.15, -0.1) is 0 Å². The fourth-order valence-electron chi connectivity index (χ4n) is 3.03. The summed E-state index contributed by atoms with van der Waals surface area (Å²) in [5.41, 5.74) is 2.73. The van der Waals surface area contributed by atoms with E-state index in [1.165, 1.54) is 14.0 Å². The highest BCUT2D eigenvalue weighted by atomic mass is 16.5. The number of anilines is 1. The molecule has 156 valence electrons. The standard InChI is InChI=1S/C21H21N3O6/c1-14(25)24(22-19(26)13-30-17-6-4-3-5-7-17)18-12-20(27)23(21(18)28)15-8-10-16(29-2)11-9-15/h3-11,18H,12-13H2,1-2H3,(H,22,26)/t18-/m1/s1. The molecule has 0 unspecified atom stereocenters. The minimum atomic E-state index is -1.14. The third-order valence-corrected chi connectivity index (χ3v) is 4.46. The molecule has 1 heterocycles. The van der Waals surface area contributed by atoms with Crippen LogP contribution in [0.3, 0.4) is 0 Å². The summed E-state index contributed by atoms with van der Waals surface area (Å²) in [6.45, 7) is 0.844. The number of hydrogen-bond acceptors (Lipinski definition) is 6. The molecule has 4 amide bonds. The molecule has 0 bridgehead atoms. The van der Waals surface area contributed by atoms with Crippen molar-refractivity contribution in [2.24, 2.45) is 0 Å². The minimum Gasteiger partial charge on any atom is -0.497 e. The molecule has 0 aliphatic carbocycles. The predicted molar refractivity (Wildman–Crippen MR) is 106 cm³/mol. The molecule has 3 rings (SSSR count). The topological polar surface area (TPSA) is 105 Å². The zero-order valence-corrected chi connectivity index (χ0v) is 16.5. The van der Waals surface area contributed by atoms with Crippen molar-refractivity contribution >= 4 is 29.3 Å². The molecule has 2 aromatic rings. The van der Waals surface area contributed by atoms with Gasteiger partial charge in [-0.3, -0.25) is 24.6 Å². The second kappa shape index (κ2) is 9.08. The van der Waals surface area contributed by atoms with Crippen molar-refractivity contribution in [1.82, 2.24) is 10.4 Å². The van der Waals surface area contributed by atoms with Gasteiger partial charge in [-0.25, -0.2) is 9.91 Å². The van der Waals surface area contributed by atoms with Gasteiger partial charge in [-0.1, -0.05) is 18.2 Å². The minimum absolute atomic E-state index is 0.246. The molecule has 30 heavy (non-hydrogen) atoms. The van der Waals surface area contributed by atoms with Crippen molar-refractivity contribution in [3.05, 3.63) is 54.6 Å². The van der Waals surface area contributed by atoms with E-state index in [0.29, 0.717) is 17.2 Å². The number of nitrogens with zero attached hydrogens (tertiary/aromatic N) is 2. The van der Waals surface area contributed by atoms with Crippen LogP contribution in [0, 0.1) is 0 Å². The summed E-state index contributed by atoms with van der Waals surface area (Å²) in [6, 6.07) is 13.9. The fourth-order valence-corrected chi connectivity index (χ4v) is 3.03. The van der Waals surface area contributed by atoms with E-state index in [4.69, 9.17) is 9.47 Å². The van der Waals surface area contributed by atoms with Crippen LogP contribution in [-0.2, 0) is 19.2 Å². The van der Waals surface area contributed by atoms with Crippen LogP contribution in [0.5, 0.6) is 11.5 Å². The molecule has 0 radical (unpaired) electrons. The van der Waals surface area contributed by atoms with E-state index in [0.717, 1.165) is 9.91 Å². The molecule has 1 aliphatic heterocycles. The van der Waals surface area contributed by atoms with E-state index >= 15 is 0 Å². The number of hydrazine groups is 1. The van der Waals surface area contributed by atoms with Crippen molar-refractivity contribution in [3.63, 3.8) is 0 Å². The molecule has 0 saturated carbocycles. The number of benzene rings is 2. The van der Waals surface area contributed by atoms with E-state index in [1.807, 2.05) is 6.07 Å². The molecular weight excluding hydrogens is 390 g/mol. The van der Waals surface area contributed by atoms with Gasteiger partial charge in [-0.2, -0.15) is 0 Å². The summed E-state index contributed by atoms with van der Waals surface area (Å²) in [5.74, 6) is -1.23. The fraction of sp³-hybridized carbons (Fsp3) is 0.238. The molecule has 1 atom stereocenters. The van der Waals surface area contributed by atoms with E-state index < -0.39 is 29.7 Å². The molecule has 1 N–H and O–H groups in total. The Morgan fingerprint density at radius 3 is 2.33 bits per heavy atom. The number of carbonyl (C=O) groups excluding carboxylic acids is 4. The van der Waals surface area contributed by atoms with Crippen LogP contribution < -0.4 is 19.8 Å². The lowest BCUT2D eigenvalue weighted by Gasteiger charge is -2.26. The first kappa shape index (κ1) is 20.8. The Labute approximate surface area is 173 Å². The zero-order valence-electron chi connectivity index (χ0n) is 16.5. The Bertz CT molecular complexity index is 945. The van der Waals surface area contributed by atoms with Gasteiger partial charge in [-0.05, 0) is 36.4 Å². The van der Waals surface area contributed by atoms with Crippen LogP contribution in [0.1, 0.15) is 13.3 Å². The first-order valence-electron chi connectivity index (χ1n) is 9.18. The van der Waals surface area contributed by atoms with Crippen molar-refractivity contribution in [2.45, 2.75) is 19.4 Å². The first-order chi connectivity index (χ1) is 14.4. The maximum absolute atomic E-state index is 12.9. The predicted octanol–water partition coefficient (Wildman–Crippen LogP) is 1.29. The number of hydrogen-bond donors (Lipinski definition) is 1. The summed E-state index contributed by atoms with van der Waals surface area (Å²) in [4.78, 5) is 50.7. The number of imide groups is 1. The van der Waals surface area contributed by atoms with Gasteiger partial charge in [0.2, 0.25) is 11.8 Å². The lowest BCUT2D eigenvalue weighted by molar-refractivity contribution is -0.146. The molecule has 1 saturated heterocycles. The lowest BCUT2D eigenvalue weighted by atomic mass is 10.2. The average Bonchev–Trinajstić information content (AvgIpc) is 3.04. The quantitative estimate of drug-likeness (QED) is 0.567. The maximum Gasteiger partial charge on any atom is 0.276 e. The van der Waals surface area contributed by atoms with Crippen LogP contribution in [0.25, 0.3) is 0 Å². The van der Waals surface area contributed by atoms with Crippen LogP contribution >= 0.6 is 0 Å². The SMILES string of the molecule is COc1ccc(N2C(=O)C[C@@H](N(NC(=O)COc3ccccc3)C(C)=O)C2=O)cc1. The second-order valence-corrected chi connectivity index (χ2v) is 6.51. The van der Waals surface area contributed by atoms with Gasteiger partial charge < -0.3 is 9.47 Å². The van der Waals surface area contributed by atoms with Gasteiger partial charge >= 0.3 is 0 Å². The molecule has 2 aromatic carbocycles. The normalized spacial score (nSPS) is 15.7. The van der Waals surface area contributed by atoms with Gasteiger partial charge in [0.25, 0.3) is 11.8 Å². The van der Waals surface area contributed by atoms with E-state index in [9.17, 15) is 19.2 Å². The largest absolute Gasteiger partial charge is 0.497 e. The number of carbonyl (C=O) groups is 4. The van der Waals surface area contributed by atoms with Gasteiger partial charge in [0.15, 0.2) is 6.61 Å². The molecule has 0 spiro atoms. The first-order valence-corrected chi connectivity index (χ1v) is 9.18. The monoisotopic (exact) mass is 411 g/mol. The van der Waals surface area contributed by atoms with Crippen LogP contribution in [0.4, 0.5) is 5.69 Å².